The lowest BCUT2D eigenvalue weighted by molar-refractivity contribution is -0.893. The number of hydrogen-bond donors (Lipinski definition) is 2. The Kier molecular flexibility index (Phi) is 8.12. The molecule has 0 unspecified atom stereocenters. The van der Waals surface area contributed by atoms with Crippen LogP contribution in [-0.4, -0.2) is 47.1 Å². The first kappa shape index (κ1) is 20.5. The van der Waals surface area contributed by atoms with E-state index in [0.29, 0.717) is 18.8 Å². The third-order valence-electron chi connectivity index (χ3n) is 4.25. The molecule has 1 amide bonds. The highest BCUT2D eigenvalue weighted by molar-refractivity contribution is 7.99. The van der Waals surface area contributed by atoms with Gasteiger partial charge in [0.25, 0.3) is 0 Å². The molecule has 1 heterocycles. The van der Waals surface area contributed by atoms with Crippen molar-refractivity contribution in [3.05, 3.63) is 41.7 Å². The molecular formula is C19H30N5OS+. The average Bonchev–Trinajstić information content (AvgIpc) is 3.02. The number of rotatable bonds is 10. The van der Waals surface area contributed by atoms with Crippen molar-refractivity contribution in [2.24, 2.45) is 0 Å². The van der Waals surface area contributed by atoms with Gasteiger partial charge in [-0.25, -0.2) is 0 Å². The summed E-state index contributed by atoms with van der Waals surface area (Å²) in [7, 11) is 4.28. The van der Waals surface area contributed by atoms with Gasteiger partial charge < -0.3 is 10.2 Å². The van der Waals surface area contributed by atoms with Gasteiger partial charge in [0.1, 0.15) is 6.04 Å². The molecule has 0 spiro atoms. The Morgan fingerprint density at radius 3 is 2.58 bits per heavy atom. The molecular weight excluding hydrogens is 346 g/mol. The highest BCUT2D eigenvalue weighted by atomic mass is 32.2. The van der Waals surface area contributed by atoms with Gasteiger partial charge in [-0.1, -0.05) is 55.9 Å². The quantitative estimate of drug-likeness (QED) is 0.618. The molecule has 6 nitrogen and oxygen atoms in total. The van der Waals surface area contributed by atoms with Gasteiger partial charge in [-0.2, -0.15) is 0 Å². The Bertz CT molecular complexity index is 686. The minimum Gasteiger partial charge on any atom is -0.355 e. The molecule has 1 aromatic carbocycles. The minimum atomic E-state index is 0.0398. The van der Waals surface area contributed by atoms with Crippen LogP contribution in [0.3, 0.4) is 0 Å². The van der Waals surface area contributed by atoms with E-state index < -0.39 is 0 Å². The highest BCUT2D eigenvalue weighted by Crippen LogP contribution is 2.22. The molecule has 0 bridgehead atoms. The Hall–Kier alpha value is -1.86. The lowest BCUT2D eigenvalue weighted by atomic mass is 10.2. The maximum Gasteiger partial charge on any atom is 0.230 e. The van der Waals surface area contributed by atoms with Crippen LogP contribution < -0.4 is 10.2 Å². The number of nitrogens with one attached hydrogen (secondary N) is 2. The predicted octanol–water partition coefficient (Wildman–Crippen LogP) is 1.54. The summed E-state index contributed by atoms with van der Waals surface area (Å²) in [6.45, 7) is 5.64. The third-order valence-corrected chi connectivity index (χ3v) is 5.22. The first-order valence-corrected chi connectivity index (χ1v) is 10.2. The summed E-state index contributed by atoms with van der Waals surface area (Å²) in [5.74, 6) is 1.38. The first-order chi connectivity index (χ1) is 12.6. The topological polar surface area (TPSA) is 64.2 Å². The third kappa shape index (κ3) is 5.57. The molecule has 0 aliphatic rings. The maximum absolute atomic E-state index is 12.0. The number of hydrogen-bond acceptors (Lipinski definition) is 4. The maximum atomic E-state index is 12.0. The van der Waals surface area contributed by atoms with E-state index in [4.69, 9.17) is 0 Å². The van der Waals surface area contributed by atoms with Gasteiger partial charge in [-0.3, -0.25) is 9.36 Å². The van der Waals surface area contributed by atoms with Crippen molar-refractivity contribution in [1.82, 2.24) is 20.1 Å². The van der Waals surface area contributed by atoms with Crippen molar-refractivity contribution in [1.29, 1.82) is 0 Å². The summed E-state index contributed by atoms with van der Waals surface area (Å²) in [5.41, 5.74) is 1.20. The Morgan fingerprint density at radius 1 is 1.23 bits per heavy atom. The van der Waals surface area contributed by atoms with Gasteiger partial charge >= 0.3 is 0 Å². The SMILES string of the molecule is CCCNC(=O)CSc1nnc([C@@H](CC)[NH+](C)C)n1Cc1ccccc1. The van der Waals surface area contributed by atoms with E-state index in [2.05, 4.69) is 53.2 Å². The zero-order chi connectivity index (χ0) is 18.9. The van der Waals surface area contributed by atoms with Crippen molar-refractivity contribution in [2.75, 3.05) is 26.4 Å². The second kappa shape index (κ2) is 10.3. The average molecular weight is 377 g/mol. The van der Waals surface area contributed by atoms with Crippen LogP contribution in [0.4, 0.5) is 0 Å². The number of quaternary nitrogens is 1. The van der Waals surface area contributed by atoms with Crippen LogP contribution in [0.25, 0.3) is 0 Å². The molecule has 0 radical (unpaired) electrons. The number of thioether (sulfide) groups is 1. The molecule has 2 N–H and O–H groups in total. The zero-order valence-electron chi connectivity index (χ0n) is 16.2. The van der Waals surface area contributed by atoms with Crippen molar-refractivity contribution in [3.8, 4) is 0 Å². The minimum absolute atomic E-state index is 0.0398. The number of amides is 1. The van der Waals surface area contributed by atoms with Crippen LogP contribution >= 0.6 is 11.8 Å². The fourth-order valence-electron chi connectivity index (χ4n) is 2.87. The summed E-state index contributed by atoms with van der Waals surface area (Å²) >= 11 is 1.45. The summed E-state index contributed by atoms with van der Waals surface area (Å²) < 4.78 is 2.16. The molecule has 2 rings (SSSR count). The number of aromatic nitrogens is 3. The molecule has 0 aliphatic heterocycles. The van der Waals surface area contributed by atoms with E-state index >= 15 is 0 Å². The molecule has 142 valence electrons. The van der Waals surface area contributed by atoms with Crippen molar-refractivity contribution in [3.63, 3.8) is 0 Å². The van der Waals surface area contributed by atoms with Gasteiger partial charge in [-0.05, 0) is 12.0 Å². The van der Waals surface area contributed by atoms with Gasteiger partial charge in [-0.15, -0.1) is 10.2 Å². The summed E-state index contributed by atoms with van der Waals surface area (Å²) in [5, 5.41) is 12.6. The normalized spacial score (nSPS) is 12.3. The Labute approximate surface area is 160 Å². The second-order valence-corrected chi connectivity index (χ2v) is 7.53. The largest absolute Gasteiger partial charge is 0.355 e. The van der Waals surface area contributed by atoms with E-state index in [0.717, 1.165) is 23.8 Å². The molecule has 0 aliphatic carbocycles. The van der Waals surface area contributed by atoms with E-state index in [9.17, 15) is 4.79 Å². The molecule has 1 atom stereocenters. The molecule has 2 aromatic rings. The van der Waals surface area contributed by atoms with E-state index in [1.807, 2.05) is 25.1 Å². The lowest BCUT2D eigenvalue weighted by Crippen LogP contribution is -3.06. The molecule has 1 aromatic heterocycles. The fraction of sp³-hybridized carbons (Fsp3) is 0.526. The van der Waals surface area contributed by atoms with E-state index in [1.165, 1.54) is 22.2 Å². The van der Waals surface area contributed by atoms with Crippen LogP contribution in [0.1, 0.15) is 44.1 Å². The molecule has 0 saturated carbocycles. The van der Waals surface area contributed by atoms with Crippen LogP contribution in [0.15, 0.2) is 35.5 Å². The second-order valence-electron chi connectivity index (χ2n) is 6.59. The first-order valence-electron chi connectivity index (χ1n) is 9.23. The van der Waals surface area contributed by atoms with Crippen LogP contribution in [0, 0.1) is 0 Å². The van der Waals surface area contributed by atoms with Crippen LogP contribution in [0.5, 0.6) is 0 Å². The number of carbonyl (C=O) groups is 1. The molecule has 7 heteroatoms. The molecule has 0 saturated heterocycles. The highest BCUT2D eigenvalue weighted by Gasteiger charge is 2.25. The number of nitrogens with zero attached hydrogens (tertiary/aromatic N) is 3. The smallest absolute Gasteiger partial charge is 0.230 e. The molecule has 26 heavy (non-hydrogen) atoms. The summed E-state index contributed by atoms with van der Waals surface area (Å²) in [6, 6.07) is 10.6. The lowest BCUT2D eigenvalue weighted by Gasteiger charge is -2.20. The van der Waals surface area contributed by atoms with Gasteiger partial charge in [0.2, 0.25) is 5.91 Å². The summed E-state index contributed by atoms with van der Waals surface area (Å²) in [6.07, 6.45) is 1.92. The van der Waals surface area contributed by atoms with Gasteiger partial charge in [0.05, 0.1) is 26.4 Å². The van der Waals surface area contributed by atoms with E-state index in [1.54, 1.807) is 0 Å². The zero-order valence-corrected chi connectivity index (χ0v) is 17.0. The van der Waals surface area contributed by atoms with E-state index in [-0.39, 0.29) is 11.9 Å². The van der Waals surface area contributed by atoms with Crippen LogP contribution in [0.2, 0.25) is 0 Å². The molecule has 0 fully saturated rings. The summed E-state index contributed by atoms with van der Waals surface area (Å²) in [4.78, 5) is 13.3. The Balaban J connectivity index is 2.23. The standard InChI is InChI=1S/C19H29N5OS/c1-5-12-20-17(25)14-26-19-22-21-18(16(6-2)23(3)4)24(19)13-15-10-8-7-9-11-15/h7-11,16H,5-6,12-14H2,1-4H3,(H,20,25)/p+1/t16-/m1/s1. The monoisotopic (exact) mass is 376 g/mol. The number of benzene rings is 1. The van der Waals surface area contributed by atoms with Gasteiger partial charge in [0, 0.05) is 13.0 Å². The number of carbonyl (C=O) groups excluding carboxylic acids is 1. The fourth-order valence-corrected chi connectivity index (χ4v) is 3.65. The van der Waals surface area contributed by atoms with Gasteiger partial charge in [0.15, 0.2) is 11.0 Å². The predicted molar refractivity (Wildman–Crippen MR) is 105 cm³/mol. The van der Waals surface area contributed by atoms with Crippen molar-refractivity contribution in [2.45, 2.75) is 44.4 Å². The Morgan fingerprint density at radius 2 is 1.96 bits per heavy atom. The van der Waals surface area contributed by atoms with Crippen LogP contribution in [-0.2, 0) is 11.3 Å². The van der Waals surface area contributed by atoms with Crippen molar-refractivity contribution >= 4 is 17.7 Å². The van der Waals surface area contributed by atoms with Crippen molar-refractivity contribution < 1.29 is 9.69 Å².